The highest BCUT2D eigenvalue weighted by molar-refractivity contribution is 6.11. The second-order valence-corrected chi connectivity index (χ2v) is 24.8. The number of aromatic nitrogens is 15. The number of nitrogens with zero attached hydrogens (tertiary/aromatic N) is 18. The molecule has 3 saturated heterocycles. The Bertz CT molecular complexity index is 5050. The van der Waals surface area contributed by atoms with Crippen molar-refractivity contribution in [3.63, 3.8) is 0 Å². The van der Waals surface area contributed by atoms with E-state index >= 15 is 0 Å². The molecule has 3 atom stereocenters. The average molecular weight is 1600 g/mol. The summed E-state index contributed by atoms with van der Waals surface area (Å²) >= 11 is 0. The summed E-state index contributed by atoms with van der Waals surface area (Å²) in [5, 5.41) is 33.3. The molecule has 3 aromatic carbocycles. The minimum Gasteiger partial charge on any atom is -0.435 e. The van der Waals surface area contributed by atoms with E-state index in [-0.39, 0.29) is 119 Å². The summed E-state index contributed by atoms with van der Waals surface area (Å²) in [4.78, 5) is 94.4. The number of halogens is 12. The first kappa shape index (κ1) is 78.1. The van der Waals surface area contributed by atoms with E-state index in [4.69, 9.17) is 0 Å². The van der Waals surface area contributed by atoms with Crippen molar-refractivity contribution >= 4 is 69.4 Å². The number of anilines is 3. The van der Waals surface area contributed by atoms with Crippen LogP contribution in [0.5, 0.6) is 34.5 Å². The highest BCUT2D eigenvalue weighted by Crippen LogP contribution is 2.44. The van der Waals surface area contributed by atoms with Crippen LogP contribution in [0.2, 0.25) is 0 Å². The summed E-state index contributed by atoms with van der Waals surface area (Å²) in [7, 11) is 4.86. The first-order valence-corrected chi connectivity index (χ1v) is 33.6. The zero-order valence-corrected chi connectivity index (χ0v) is 58.8. The maximum Gasteiger partial charge on any atom is 0.387 e. The van der Waals surface area contributed by atoms with Crippen molar-refractivity contribution in [1.29, 1.82) is 0 Å². The van der Waals surface area contributed by atoms with Gasteiger partial charge in [0.15, 0.2) is 16.9 Å². The van der Waals surface area contributed by atoms with Crippen LogP contribution < -0.4 is 44.4 Å². The number of nitrogens with one attached hydrogen (secondary N) is 3. The van der Waals surface area contributed by atoms with Crippen molar-refractivity contribution in [2.24, 2.45) is 0 Å². The van der Waals surface area contributed by atoms with Gasteiger partial charge in [0, 0.05) is 78.0 Å². The Labute approximate surface area is 631 Å². The molecule has 3 N–H and O–H groups in total. The SMILES string of the molecule is CN1CCC(n2cc(NC(=O)c3cnn4cccnc34)c(-c3cc(OC(F)F)ccc3OC(F)F)n2)C1=O.CN1CC[C@@H](n2cc(NC(=O)c3cnn4cccnc34)c(-c3cc(OC(F)F)ccc3OC(F)F)n2)C1=O.CN1CC[C@H](n2cc(NC(=O)c3cnn4cccnc34)c(-c3cc(OC(F)F)ccc3OC(F)F)n2)C1=O. The smallest absolute Gasteiger partial charge is 0.387 e. The summed E-state index contributed by atoms with van der Waals surface area (Å²) in [6.45, 7) is -17.9. The number of likely N-dealkylation sites (N-methyl/N-ethyl adjacent to an activating group) is 3. The average Bonchev–Trinajstić information content (AvgIpc) is 1.60. The van der Waals surface area contributed by atoms with Crippen molar-refractivity contribution in [1.82, 2.24) is 87.8 Å². The van der Waals surface area contributed by atoms with Gasteiger partial charge >= 0.3 is 39.7 Å². The number of carbonyl (C=O) groups is 6. The Balaban J connectivity index is 0.000000149. The number of rotatable bonds is 24. The third-order valence-corrected chi connectivity index (χ3v) is 17.6. The van der Waals surface area contributed by atoms with E-state index in [1.54, 1.807) is 57.9 Å². The zero-order valence-electron chi connectivity index (χ0n) is 58.8. The molecule has 594 valence electrons. The molecule has 114 heavy (non-hydrogen) atoms. The van der Waals surface area contributed by atoms with Gasteiger partial charge in [-0.25, -0.2) is 28.5 Å². The summed E-state index contributed by atoms with van der Waals surface area (Å²) in [6, 6.07) is 11.9. The number of carbonyl (C=O) groups excluding carboxylic acids is 6. The number of fused-ring (bicyclic) bond motifs is 3. The third kappa shape index (κ3) is 17.1. The Morgan fingerprint density at radius 2 is 0.658 bits per heavy atom. The van der Waals surface area contributed by atoms with Gasteiger partial charge in [0.2, 0.25) is 17.7 Å². The second-order valence-electron chi connectivity index (χ2n) is 24.8. The normalized spacial score (nSPS) is 15.6. The Morgan fingerprint density at radius 1 is 0.395 bits per heavy atom. The van der Waals surface area contributed by atoms with Crippen LogP contribution in [0.15, 0.2) is 147 Å². The molecule has 0 radical (unpaired) electrons. The van der Waals surface area contributed by atoms with Gasteiger partial charge in [0.25, 0.3) is 17.7 Å². The molecule has 3 fully saturated rings. The van der Waals surface area contributed by atoms with Gasteiger partial charge in [-0.15, -0.1) is 0 Å². The maximum absolute atomic E-state index is 13.2. The maximum atomic E-state index is 13.2. The fraction of sp³-hybridized carbons (Fsp3) is 0.261. The topological polar surface area (TPSA) is 348 Å². The highest BCUT2D eigenvalue weighted by Gasteiger charge is 2.37. The monoisotopic (exact) mass is 1600 g/mol. The lowest BCUT2D eigenvalue weighted by molar-refractivity contribution is -0.130. The Kier molecular flexibility index (Phi) is 22.8. The molecule has 0 aliphatic carbocycles. The molecule has 9 aromatic heterocycles. The standard InChI is InChI=1S/3C23H19F4N7O4/c3*1-32-8-5-16(21(32)36)34-11-15(30-20(35)14-10-29-33-7-2-6-28-19(14)33)18(31-34)13-9-12(37-22(24)25)3-4-17(13)38-23(26)27/h3*2-4,6-7,9-11,16,22-23H,5,8H2,1H3,(H,30,35)/t2*16-;/m10./s1. The molecule has 3 aliphatic rings. The van der Waals surface area contributed by atoms with Gasteiger partial charge in [-0.05, 0) is 92.1 Å². The van der Waals surface area contributed by atoms with E-state index in [0.29, 0.717) is 38.9 Å². The van der Waals surface area contributed by atoms with E-state index in [1.807, 2.05) is 0 Å². The quantitative estimate of drug-likeness (QED) is 0.0473. The molecule has 15 rings (SSSR count). The van der Waals surface area contributed by atoms with Crippen molar-refractivity contribution in [3.05, 3.63) is 164 Å². The number of likely N-dealkylation sites (tertiary alicyclic amines) is 3. The van der Waals surface area contributed by atoms with Crippen molar-refractivity contribution in [3.8, 4) is 68.3 Å². The number of benzene rings is 3. The Morgan fingerprint density at radius 3 is 0.895 bits per heavy atom. The van der Waals surface area contributed by atoms with Crippen LogP contribution in [-0.4, -0.2) is 204 Å². The van der Waals surface area contributed by atoms with Crippen molar-refractivity contribution in [2.75, 3.05) is 56.7 Å². The van der Waals surface area contributed by atoms with Gasteiger partial charge in [-0.2, -0.15) is 83.3 Å². The molecule has 12 heterocycles. The molecule has 33 nitrogen and oxygen atoms in total. The van der Waals surface area contributed by atoms with Crippen LogP contribution in [0, 0.1) is 0 Å². The third-order valence-electron chi connectivity index (χ3n) is 17.6. The van der Waals surface area contributed by atoms with E-state index in [9.17, 15) is 81.5 Å². The van der Waals surface area contributed by atoms with Gasteiger partial charge in [0.1, 0.15) is 86.4 Å². The predicted molar refractivity (Wildman–Crippen MR) is 369 cm³/mol. The largest absolute Gasteiger partial charge is 0.435 e. The molecule has 6 amide bonds. The molecule has 45 heteroatoms. The fourth-order valence-corrected chi connectivity index (χ4v) is 12.4. The molecule has 0 saturated carbocycles. The number of amides is 6. The minimum absolute atomic E-state index is 0.000877. The molecule has 0 bridgehead atoms. The lowest BCUT2D eigenvalue weighted by atomic mass is 10.1. The number of ether oxygens (including phenoxy) is 6. The second kappa shape index (κ2) is 33.2. The van der Waals surface area contributed by atoms with Crippen LogP contribution in [0.25, 0.3) is 50.7 Å². The lowest BCUT2D eigenvalue weighted by Gasteiger charge is -2.13. The minimum atomic E-state index is -3.24. The summed E-state index contributed by atoms with van der Waals surface area (Å²) in [6.07, 6.45) is 18.4. The van der Waals surface area contributed by atoms with E-state index in [2.05, 4.69) is 89.9 Å². The fourth-order valence-electron chi connectivity index (χ4n) is 12.4. The first-order valence-electron chi connectivity index (χ1n) is 33.6. The van der Waals surface area contributed by atoms with Crippen LogP contribution in [-0.2, 0) is 14.4 Å². The Hall–Kier alpha value is -14.1. The van der Waals surface area contributed by atoms with Crippen molar-refractivity contribution in [2.45, 2.75) is 77.1 Å². The molecular weight excluding hydrogens is 1540 g/mol. The molecule has 0 spiro atoms. The van der Waals surface area contributed by atoms with E-state index in [0.717, 1.165) is 54.6 Å². The van der Waals surface area contributed by atoms with Crippen LogP contribution in [0.4, 0.5) is 69.7 Å². The predicted octanol–water partition coefficient (Wildman–Crippen LogP) is 10.4. The van der Waals surface area contributed by atoms with Gasteiger partial charge in [-0.3, -0.25) is 42.8 Å². The number of alkyl halides is 12. The van der Waals surface area contributed by atoms with Crippen LogP contribution in [0.1, 0.15) is 68.5 Å². The van der Waals surface area contributed by atoms with Crippen LogP contribution >= 0.6 is 0 Å². The molecule has 1 unspecified atom stereocenters. The summed E-state index contributed by atoms with van der Waals surface area (Å²) < 4.78 is 191. The van der Waals surface area contributed by atoms with E-state index in [1.165, 1.54) is 98.1 Å². The molecular formula is C69H57F12N21O12. The van der Waals surface area contributed by atoms with Crippen LogP contribution in [0.3, 0.4) is 0 Å². The highest BCUT2D eigenvalue weighted by atomic mass is 19.3. The van der Waals surface area contributed by atoms with Gasteiger partial charge in [-0.1, -0.05) is 0 Å². The lowest BCUT2D eigenvalue weighted by Crippen LogP contribution is -2.24. The van der Waals surface area contributed by atoms with Crippen molar-refractivity contribution < 1.29 is 110 Å². The molecule has 3 aliphatic heterocycles. The van der Waals surface area contributed by atoms with Gasteiger partial charge < -0.3 is 59.1 Å². The first-order chi connectivity index (χ1) is 54.6. The van der Waals surface area contributed by atoms with Gasteiger partial charge in [0.05, 0.1) is 70.9 Å². The summed E-state index contributed by atoms with van der Waals surface area (Å²) in [5.41, 5.74) is 0.198. The van der Waals surface area contributed by atoms with E-state index < -0.39 is 92.8 Å². The molecule has 12 aromatic rings. The number of hydrogen-bond acceptors (Lipinski definition) is 21. The summed E-state index contributed by atoms with van der Waals surface area (Å²) in [5.74, 6) is -5.01. The zero-order chi connectivity index (χ0) is 80.9. The number of hydrogen-bond donors (Lipinski definition) is 3.